The fourth-order valence-corrected chi connectivity index (χ4v) is 2.74. The molecule has 0 amide bonds. The molecule has 0 aliphatic carbocycles. The fraction of sp³-hybridized carbons (Fsp3) is 0.533. The first-order valence-corrected chi connectivity index (χ1v) is 6.99. The summed E-state index contributed by atoms with van der Waals surface area (Å²) in [5.41, 5.74) is 1.58. The van der Waals surface area contributed by atoms with Gasteiger partial charge in [0.15, 0.2) is 0 Å². The van der Waals surface area contributed by atoms with E-state index in [2.05, 4.69) is 17.6 Å². The molecule has 2 rings (SSSR count). The number of piperazine rings is 1. The second-order valence-electron chi connectivity index (χ2n) is 5.09. The highest BCUT2D eigenvalue weighted by atomic mass is 16.4. The Bertz CT molecular complexity index is 411. The molecule has 19 heavy (non-hydrogen) atoms. The maximum Gasteiger partial charge on any atom is 0.335 e. The van der Waals surface area contributed by atoms with Crippen molar-refractivity contribution in [3.8, 4) is 0 Å². The summed E-state index contributed by atoms with van der Waals surface area (Å²) in [7, 11) is 0. The normalized spacial score (nSPS) is 21.0. The summed E-state index contributed by atoms with van der Waals surface area (Å²) in [4.78, 5) is 10.9. The van der Waals surface area contributed by atoms with Crippen LogP contribution in [0, 0.1) is 0 Å². The minimum Gasteiger partial charge on any atom is -0.478 e. The number of carbonyl (C=O) groups is 1. The molecular weight excluding hydrogens is 240 g/mol. The van der Waals surface area contributed by atoms with E-state index in [9.17, 15) is 4.79 Å². The maximum atomic E-state index is 10.9. The predicted octanol–water partition coefficient (Wildman–Crippen LogP) is 1.83. The van der Waals surface area contributed by atoms with Gasteiger partial charge in [-0.15, -0.1) is 0 Å². The van der Waals surface area contributed by atoms with Gasteiger partial charge in [-0.25, -0.2) is 4.79 Å². The summed E-state index contributed by atoms with van der Waals surface area (Å²) in [5.74, 6) is -0.420. The second-order valence-corrected chi connectivity index (χ2v) is 5.09. The van der Waals surface area contributed by atoms with Gasteiger partial charge in [0.2, 0.25) is 0 Å². The van der Waals surface area contributed by atoms with E-state index in [0.717, 1.165) is 32.5 Å². The van der Waals surface area contributed by atoms with E-state index in [4.69, 9.17) is 5.11 Å². The smallest absolute Gasteiger partial charge is 0.335 e. The molecule has 0 spiro atoms. The van der Waals surface area contributed by atoms with Crippen LogP contribution < -0.4 is 10.6 Å². The summed E-state index contributed by atoms with van der Waals surface area (Å²) in [6.45, 7) is 5.19. The van der Waals surface area contributed by atoms with Crippen molar-refractivity contribution in [1.29, 1.82) is 0 Å². The Morgan fingerprint density at radius 1 is 1.37 bits per heavy atom. The number of benzene rings is 1. The van der Waals surface area contributed by atoms with Gasteiger partial charge >= 0.3 is 5.97 Å². The van der Waals surface area contributed by atoms with Gasteiger partial charge in [-0.3, -0.25) is 0 Å². The molecule has 3 N–H and O–H groups in total. The monoisotopic (exact) mass is 262 g/mol. The number of rotatable bonds is 5. The Balaban J connectivity index is 2.15. The Morgan fingerprint density at radius 2 is 2.11 bits per heavy atom. The van der Waals surface area contributed by atoms with Crippen LogP contribution in [-0.4, -0.2) is 36.8 Å². The molecule has 4 heteroatoms. The minimum absolute atomic E-state index is 0.355. The average molecular weight is 262 g/mol. The Labute approximate surface area is 114 Å². The van der Waals surface area contributed by atoms with Crippen LogP contribution in [0.1, 0.15) is 41.6 Å². The number of hydrogen-bond donors (Lipinski definition) is 3. The summed E-state index contributed by atoms with van der Waals surface area (Å²) < 4.78 is 0. The number of nitrogens with one attached hydrogen (secondary N) is 2. The molecule has 0 aromatic heterocycles. The van der Waals surface area contributed by atoms with Crippen LogP contribution >= 0.6 is 0 Å². The van der Waals surface area contributed by atoms with Gasteiger partial charge in [0.25, 0.3) is 0 Å². The van der Waals surface area contributed by atoms with Crippen molar-refractivity contribution in [1.82, 2.24) is 10.6 Å². The van der Waals surface area contributed by atoms with E-state index in [0.29, 0.717) is 17.5 Å². The highest BCUT2D eigenvalue weighted by Crippen LogP contribution is 2.26. The van der Waals surface area contributed by atoms with E-state index < -0.39 is 5.97 Å². The summed E-state index contributed by atoms with van der Waals surface area (Å²) in [6.07, 6.45) is 2.25. The highest BCUT2D eigenvalue weighted by Gasteiger charge is 2.23. The largest absolute Gasteiger partial charge is 0.478 e. The summed E-state index contributed by atoms with van der Waals surface area (Å²) in [6, 6.07) is 7.76. The van der Waals surface area contributed by atoms with Crippen LogP contribution in [0.15, 0.2) is 24.3 Å². The van der Waals surface area contributed by atoms with Gasteiger partial charge in [-0.05, 0) is 24.1 Å². The third-order valence-corrected chi connectivity index (χ3v) is 3.74. The highest BCUT2D eigenvalue weighted by molar-refractivity contribution is 5.87. The molecule has 4 nitrogen and oxygen atoms in total. The fourth-order valence-electron chi connectivity index (χ4n) is 2.74. The van der Waals surface area contributed by atoms with Crippen molar-refractivity contribution in [3.05, 3.63) is 35.4 Å². The first-order chi connectivity index (χ1) is 9.22. The van der Waals surface area contributed by atoms with Crippen LogP contribution in [0.25, 0.3) is 0 Å². The molecule has 1 aliphatic heterocycles. The minimum atomic E-state index is -0.865. The van der Waals surface area contributed by atoms with Crippen LogP contribution in [0.3, 0.4) is 0 Å². The number of carboxylic acid groups (broad SMARTS) is 1. The zero-order valence-electron chi connectivity index (χ0n) is 11.4. The quantitative estimate of drug-likeness (QED) is 0.757. The van der Waals surface area contributed by atoms with Gasteiger partial charge in [0, 0.05) is 31.6 Å². The van der Waals surface area contributed by atoms with Crippen molar-refractivity contribution < 1.29 is 9.90 Å². The standard InChI is InChI=1S/C15H22N2O2/c1-2-3-13(14-10-16-8-9-17-14)11-4-6-12(7-5-11)15(18)19/h4-7,13-14,16-17H,2-3,8-10H2,1H3,(H,18,19). The summed E-state index contributed by atoms with van der Waals surface area (Å²) >= 11 is 0. The molecule has 2 unspecified atom stereocenters. The molecule has 1 aliphatic rings. The lowest BCUT2D eigenvalue weighted by atomic mass is 9.86. The number of aromatic carboxylic acids is 1. The van der Waals surface area contributed by atoms with E-state index in [1.54, 1.807) is 12.1 Å². The molecule has 1 aromatic carbocycles. The van der Waals surface area contributed by atoms with E-state index in [1.165, 1.54) is 5.56 Å². The molecule has 1 saturated heterocycles. The third-order valence-electron chi connectivity index (χ3n) is 3.74. The molecule has 104 valence electrons. The third kappa shape index (κ3) is 3.55. The van der Waals surface area contributed by atoms with Crippen molar-refractivity contribution in [2.24, 2.45) is 0 Å². The molecule has 0 saturated carbocycles. The van der Waals surface area contributed by atoms with E-state index in [1.807, 2.05) is 12.1 Å². The Hall–Kier alpha value is -1.39. The van der Waals surface area contributed by atoms with Crippen LogP contribution in [-0.2, 0) is 0 Å². The molecule has 0 bridgehead atoms. The average Bonchev–Trinajstić information content (AvgIpc) is 2.46. The van der Waals surface area contributed by atoms with Gasteiger partial charge in [0.05, 0.1) is 5.56 Å². The molecule has 1 heterocycles. The Kier molecular flexibility index (Phi) is 4.93. The Morgan fingerprint density at radius 3 is 2.63 bits per heavy atom. The van der Waals surface area contributed by atoms with Crippen LogP contribution in [0.4, 0.5) is 0 Å². The lowest BCUT2D eigenvalue weighted by Crippen LogP contribution is -2.51. The molecule has 0 radical (unpaired) electrons. The first-order valence-electron chi connectivity index (χ1n) is 6.99. The van der Waals surface area contributed by atoms with Crippen LogP contribution in [0.2, 0.25) is 0 Å². The SMILES string of the molecule is CCCC(c1ccc(C(=O)O)cc1)C1CNCCN1. The number of hydrogen-bond acceptors (Lipinski definition) is 3. The van der Waals surface area contributed by atoms with Crippen molar-refractivity contribution >= 4 is 5.97 Å². The van der Waals surface area contributed by atoms with Crippen molar-refractivity contribution in [2.45, 2.75) is 31.7 Å². The molecule has 2 atom stereocenters. The molecule has 1 aromatic rings. The first kappa shape index (κ1) is 14.0. The van der Waals surface area contributed by atoms with E-state index >= 15 is 0 Å². The second kappa shape index (κ2) is 6.68. The summed E-state index contributed by atoms with van der Waals surface area (Å²) in [5, 5.41) is 15.9. The zero-order valence-corrected chi connectivity index (χ0v) is 11.4. The van der Waals surface area contributed by atoms with Gasteiger partial charge in [0.1, 0.15) is 0 Å². The maximum absolute atomic E-state index is 10.9. The lowest BCUT2D eigenvalue weighted by molar-refractivity contribution is 0.0697. The predicted molar refractivity (Wildman–Crippen MR) is 75.7 cm³/mol. The van der Waals surface area contributed by atoms with Crippen LogP contribution in [0.5, 0.6) is 0 Å². The van der Waals surface area contributed by atoms with Crippen molar-refractivity contribution in [2.75, 3.05) is 19.6 Å². The topological polar surface area (TPSA) is 61.4 Å². The lowest BCUT2D eigenvalue weighted by Gasteiger charge is -2.32. The van der Waals surface area contributed by atoms with Gasteiger partial charge in [-0.2, -0.15) is 0 Å². The van der Waals surface area contributed by atoms with Gasteiger partial charge < -0.3 is 15.7 Å². The molecular formula is C15H22N2O2. The number of carboxylic acids is 1. The van der Waals surface area contributed by atoms with Crippen molar-refractivity contribution in [3.63, 3.8) is 0 Å². The van der Waals surface area contributed by atoms with E-state index in [-0.39, 0.29) is 0 Å². The zero-order chi connectivity index (χ0) is 13.7. The van der Waals surface area contributed by atoms with Gasteiger partial charge in [-0.1, -0.05) is 25.5 Å². The molecule has 1 fully saturated rings.